The first-order chi connectivity index (χ1) is 13.5. The van der Waals surface area contributed by atoms with Crippen LogP contribution >= 0.6 is 0 Å². The zero-order valence-electron chi connectivity index (χ0n) is 15.8. The summed E-state index contributed by atoms with van der Waals surface area (Å²) in [6, 6.07) is 8.76. The second-order valence-corrected chi connectivity index (χ2v) is 6.77. The van der Waals surface area contributed by atoms with Crippen LogP contribution in [-0.4, -0.2) is 62.7 Å². The summed E-state index contributed by atoms with van der Waals surface area (Å²) in [6.45, 7) is 5.95. The van der Waals surface area contributed by atoms with Crippen molar-refractivity contribution in [3.05, 3.63) is 47.9 Å². The zero-order chi connectivity index (χ0) is 19.7. The van der Waals surface area contributed by atoms with Crippen molar-refractivity contribution in [2.45, 2.75) is 13.8 Å². The van der Waals surface area contributed by atoms with E-state index in [2.05, 4.69) is 25.5 Å². The van der Waals surface area contributed by atoms with Crippen LogP contribution < -0.4 is 10.2 Å². The molecule has 0 unspecified atom stereocenters. The molecule has 0 radical (unpaired) electrons. The molecule has 0 aliphatic carbocycles. The Labute approximate surface area is 162 Å². The molecule has 3 heterocycles. The number of amides is 2. The van der Waals surface area contributed by atoms with E-state index in [1.54, 1.807) is 39.9 Å². The van der Waals surface area contributed by atoms with Crippen LogP contribution in [0.3, 0.4) is 0 Å². The van der Waals surface area contributed by atoms with Gasteiger partial charge < -0.3 is 15.1 Å². The molecule has 1 aromatic carbocycles. The van der Waals surface area contributed by atoms with Crippen LogP contribution in [-0.2, 0) is 0 Å². The highest BCUT2D eigenvalue weighted by Gasteiger charge is 2.22. The number of carbonyl (C=O) groups is 2. The van der Waals surface area contributed by atoms with Crippen molar-refractivity contribution in [2.75, 3.05) is 36.4 Å². The van der Waals surface area contributed by atoms with E-state index in [-0.39, 0.29) is 11.8 Å². The van der Waals surface area contributed by atoms with E-state index < -0.39 is 0 Å². The molecule has 144 valence electrons. The Bertz CT molecular complexity index is 1040. The van der Waals surface area contributed by atoms with Gasteiger partial charge in [0.05, 0.1) is 11.9 Å². The van der Waals surface area contributed by atoms with Gasteiger partial charge in [-0.25, -0.2) is 4.79 Å². The van der Waals surface area contributed by atoms with E-state index >= 15 is 0 Å². The third kappa shape index (κ3) is 3.51. The first kappa shape index (κ1) is 17.9. The summed E-state index contributed by atoms with van der Waals surface area (Å²) in [5, 5.41) is 15.4. The summed E-state index contributed by atoms with van der Waals surface area (Å²) in [5.74, 6) is 0.718. The summed E-state index contributed by atoms with van der Waals surface area (Å²) in [5.41, 5.74) is 2.88. The van der Waals surface area contributed by atoms with Crippen LogP contribution in [0.15, 0.2) is 36.5 Å². The van der Waals surface area contributed by atoms with Crippen molar-refractivity contribution in [2.24, 2.45) is 0 Å². The van der Waals surface area contributed by atoms with Crippen molar-refractivity contribution in [1.82, 2.24) is 24.7 Å². The molecule has 4 rings (SSSR count). The molecule has 1 fully saturated rings. The van der Waals surface area contributed by atoms with Gasteiger partial charge >= 0.3 is 6.03 Å². The molecule has 2 aromatic heterocycles. The minimum Gasteiger partial charge on any atom is -0.367 e. The third-order valence-corrected chi connectivity index (χ3v) is 4.86. The monoisotopic (exact) mass is 379 g/mol. The molecule has 0 bridgehead atoms. The van der Waals surface area contributed by atoms with Crippen molar-refractivity contribution in [1.29, 1.82) is 0 Å². The van der Waals surface area contributed by atoms with E-state index in [4.69, 9.17) is 0 Å². The molecular formula is C19H21N7O2. The maximum atomic E-state index is 12.5. The molecule has 1 N–H and O–H groups in total. The van der Waals surface area contributed by atoms with E-state index in [1.165, 1.54) is 6.92 Å². The average Bonchev–Trinajstić information content (AvgIpc) is 3.08. The summed E-state index contributed by atoms with van der Waals surface area (Å²) in [4.78, 5) is 28.0. The highest BCUT2D eigenvalue weighted by Crippen LogP contribution is 2.18. The molecule has 0 saturated carbocycles. The number of hydrogen-bond donors (Lipinski definition) is 1. The highest BCUT2D eigenvalue weighted by molar-refractivity contribution is 5.96. The van der Waals surface area contributed by atoms with Crippen molar-refractivity contribution >= 4 is 28.8 Å². The lowest BCUT2D eigenvalue weighted by atomic mass is 10.1. The number of carbonyl (C=O) groups excluding carboxylic acids is 2. The fourth-order valence-corrected chi connectivity index (χ4v) is 3.25. The normalized spacial score (nSPS) is 14.4. The molecule has 1 saturated heterocycles. The lowest BCUT2D eigenvalue weighted by molar-refractivity contribution is 0.101. The topological polar surface area (TPSA) is 95.7 Å². The lowest BCUT2D eigenvalue weighted by Gasteiger charge is -2.35. The number of fused-ring (bicyclic) bond motifs is 1. The zero-order valence-corrected chi connectivity index (χ0v) is 15.8. The molecule has 28 heavy (non-hydrogen) atoms. The summed E-state index contributed by atoms with van der Waals surface area (Å²) in [7, 11) is 0. The highest BCUT2D eigenvalue weighted by atomic mass is 16.2. The van der Waals surface area contributed by atoms with Gasteiger partial charge in [-0.1, -0.05) is 12.1 Å². The fraction of sp³-hybridized carbons (Fsp3) is 0.316. The van der Waals surface area contributed by atoms with E-state index in [9.17, 15) is 9.59 Å². The Morgan fingerprint density at radius 1 is 1.07 bits per heavy atom. The van der Waals surface area contributed by atoms with E-state index in [1.807, 2.05) is 13.0 Å². The number of Topliss-reactive ketones (excluding diaryl/α,β-unsaturated/α-hetero) is 1. The number of hydrogen-bond acceptors (Lipinski definition) is 6. The smallest absolute Gasteiger partial charge is 0.321 e. The minimum atomic E-state index is -0.165. The van der Waals surface area contributed by atoms with Crippen LogP contribution in [0.1, 0.15) is 23.1 Å². The first-order valence-electron chi connectivity index (χ1n) is 9.11. The number of nitrogens with one attached hydrogen (secondary N) is 1. The predicted molar refractivity (Wildman–Crippen MR) is 105 cm³/mol. The number of urea groups is 1. The number of ketones is 1. The number of rotatable bonds is 3. The number of anilines is 2. The van der Waals surface area contributed by atoms with E-state index in [0.29, 0.717) is 43.1 Å². The van der Waals surface area contributed by atoms with Crippen LogP contribution in [0.4, 0.5) is 16.2 Å². The summed E-state index contributed by atoms with van der Waals surface area (Å²) < 4.78 is 1.70. The number of aryl methyl sites for hydroxylation is 1. The van der Waals surface area contributed by atoms with Crippen molar-refractivity contribution in [3.8, 4) is 0 Å². The van der Waals surface area contributed by atoms with Crippen LogP contribution in [0.5, 0.6) is 0 Å². The van der Waals surface area contributed by atoms with E-state index in [0.717, 1.165) is 11.5 Å². The third-order valence-electron chi connectivity index (χ3n) is 4.86. The van der Waals surface area contributed by atoms with Gasteiger partial charge in [-0.15, -0.1) is 10.2 Å². The molecule has 3 aromatic rings. The molecule has 2 amide bonds. The molecule has 0 spiro atoms. The Balaban J connectivity index is 1.38. The van der Waals surface area contributed by atoms with Crippen molar-refractivity contribution < 1.29 is 9.59 Å². The van der Waals surface area contributed by atoms with Gasteiger partial charge in [-0.2, -0.15) is 9.61 Å². The second-order valence-electron chi connectivity index (χ2n) is 6.77. The molecule has 1 aliphatic heterocycles. The van der Waals surface area contributed by atoms with Gasteiger partial charge in [-0.3, -0.25) is 4.79 Å². The van der Waals surface area contributed by atoms with Crippen molar-refractivity contribution in [3.63, 3.8) is 0 Å². The second kappa shape index (κ2) is 7.26. The maximum Gasteiger partial charge on any atom is 0.321 e. The fourth-order valence-electron chi connectivity index (χ4n) is 3.25. The number of aromatic nitrogens is 4. The standard InChI is InChI=1S/C19H21N7O2/c1-13(27)15-4-3-5-16(10-15)21-19(28)25-8-6-24(7-9-25)17-11-18-23-22-14(2)26(18)20-12-17/h3-5,10-12H,6-9H2,1-2H3,(H,21,28). The number of nitrogens with zero attached hydrogens (tertiary/aromatic N) is 6. The first-order valence-corrected chi connectivity index (χ1v) is 9.11. The van der Waals surface area contributed by atoms with Crippen LogP contribution in [0, 0.1) is 6.92 Å². The number of benzene rings is 1. The lowest BCUT2D eigenvalue weighted by Crippen LogP contribution is -2.50. The van der Waals surface area contributed by atoms with Gasteiger partial charge in [-0.05, 0) is 26.0 Å². The van der Waals surface area contributed by atoms with Crippen LogP contribution in [0.2, 0.25) is 0 Å². The average molecular weight is 379 g/mol. The molecule has 1 aliphatic rings. The maximum absolute atomic E-state index is 12.5. The molecule has 9 nitrogen and oxygen atoms in total. The molecule has 0 atom stereocenters. The van der Waals surface area contributed by atoms with Gasteiger partial charge in [0, 0.05) is 43.5 Å². The Morgan fingerprint density at radius 2 is 1.86 bits per heavy atom. The van der Waals surface area contributed by atoms with Gasteiger partial charge in [0.25, 0.3) is 0 Å². The van der Waals surface area contributed by atoms with Crippen LogP contribution in [0.25, 0.3) is 5.65 Å². The Kier molecular flexibility index (Phi) is 4.64. The Morgan fingerprint density at radius 3 is 2.61 bits per heavy atom. The summed E-state index contributed by atoms with van der Waals surface area (Å²) >= 11 is 0. The Hall–Kier alpha value is -3.49. The van der Waals surface area contributed by atoms with Gasteiger partial charge in [0.2, 0.25) is 0 Å². The molecule has 9 heteroatoms. The minimum absolute atomic E-state index is 0.0295. The van der Waals surface area contributed by atoms with Gasteiger partial charge in [0.15, 0.2) is 17.3 Å². The largest absolute Gasteiger partial charge is 0.367 e. The number of piperazine rings is 1. The van der Waals surface area contributed by atoms with Gasteiger partial charge in [0.1, 0.15) is 0 Å². The molecular weight excluding hydrogens is 358 g/mol. The summed E-state index contributed by atoms with van der Waals surface area (Å²) in [6.07, 6.45) is 1.80. The SMILES string of the molecule is CC(=O)c1cccc(NC(=O)N2CCN(c3cnn4c(C)nnc4c3)CC2)c1. The predicted octanol–water partition coefficient (Wildman–Crippen LogP) is 1.99. The quantitative estimate of drug-likeness (QED) is 0.699.